The topological polar surface area (TPSA) is 101 Å². The SMILES string of the molecule is COc1ccnc2c(=O)n([C@@H](C)C(=O)O[C@@H](C)[C@@H](c3ccccc3)c3ccc(C(F)(F)F)cc3)c(=O)oc12. The van der Waals surface area contributed by atoms with Crippen LogP contribution in [0.2, 0.25) is 0 Å². The Bertz CT molecular complexity index is 1560. The van der Waals surface area contributed by atoms with E-state index in [0.717, 1.165) is 12.1 Å². The zero-order chi connectivity index (χ0) is 27.6. The largest absolute Gasteiger partial charge is 0.493 e. The summed E-state index contributed by atoms with van der Waals surface area (Å²) in [7, 11) is 1.33. The van der Waals surface area contributed by atoms with Gasteiger partial charge in [0, 0.05) is 18.2 Å². The van der Waals surface area contributed by atoms with Crippen LogP contribution in [-0.2, 0) is 15.7 Å². The predicted molar refractivity (Wildman–Crippen MR) is 131 cm³/mol. The van der Waals surface area contributed by atoms with Crippen LogP contribution in [0.15, 0.2) is 80.9 Å². The van der Waals surface area contributed by atoms with Gasteiger partial charge in [0.1, 0.15) is 12.1 Å². The van der Waals surface area contributed by atoms with Gasteiger partial charge in [-0.2, -0.15) is 13.2 Å². The molecule has 0 aliphatic carbocycles. The first-order valence-electron chi connectivity index (χ1n) is 11.5. The quantitative estimate of drug-likeness (QED) is 0.321. The molecule has 0 saturated heterocycles. The van der Waals surface area contributed by atoms with Crippen LogP contribution in [0.3, 0.4) is 0 Å². The molecule has 0 N–H and O–H groups in total. The zero-order valence-corrected chi connectivity index (χ0v) is 20.6. The normalized spacial score (nSPS) is 14.1. The number of benzene rings is 2. The van der Waals surface area contributed by atoms with E-state index in [9.17, 15) is 27.6 Å². The Morgan fingerprint density at radius 1 is 0.974 bits per heavy atom. The highest BCUT2D eigenvalue weighted by Gasteiger charge is 2.32. The molecule has 2 aromatic heterocycles. The minimum Gasteiger partial charge on any atom is -0.493 e. The van der Waals surface area contributed by atoms with Crippen molar-refractivity contribution < 1.29 is 31.9 Å². The van der Waals surface area contributed by atoms with Gasteiger partial charge in [0.15, 0.2) is 11.3 Å². The highest BCUT2D eigenvalue weighted by atomic mass is 19.4. The molecule has 0 spiro atoms. The third-order valence-corrected chi connectivity index (χ3v) is 6.15. The van der Waals surface area contributed by atoms with Gasteiger partial charge in [0.2, 0.25) is 5.58 Å². The summed E-state index contributed by atoms with van der Waals surface area (Å²) in [5.74, 6) is -2.53. The number of hydrogen-bond donors (Lipinski definition) is 0. The van der Waals surface area contributed by atoms with E-state index in [2.05, 4.69) is 4.98 Å². The lowest BCUT2D eigenvalue weighted by atomic mass is 9.86. The van der Waals surface area contributed by atoms with E-state index in [1.54, 1.807) is 37.3 Å². The lowest BCUT2D eigenvalue weighted by molar-refractivity contribution is -0.152. The van der Waals surface area contributed by atoms with Crippen LogP contribution in [0.4, 0.5) is 13.2 Å². The number of pyridine rings is 1. The minimum atomic E-state index is -4.50. The van der Waals surface area contributed by atoms with E-state index < -0.39 is 47.1 Å². The number of halogens is 3. The smallest absolute Gasteiger partial charge is 0.423 e. The summed E-state index contributed by atoms with van der Waals surface area (Å²) in [4.78, 5) is 42.7. The molecule has 38 heavy (non-hydrogen) atoms. The fourth-order valence-corrected chi connectivity index (χ4v) is 4.24. The molecule has 4 aromatic rings. The Hall–Kier alpha value is -4.41. The van der Waals surface area contributed by atoms with Gasteiger partial charge in [0.25, 0.3) is 5.56 Å². The second kappa shape index (κ2) is 10.5. The Labute approximate surface area is 214 Å². The summed E-state index contributed by atoms with van der Waals surface area (Å²) < 4.78 is 55.8. The number of nitrogens with zero attached hydrogens (tertiary/aromatic N) is 2. The van der Waals surface area contributed by atoms with Crippen LogP contribution in [0, 0.1) is 0 Å². The van der Waals surface area contributed by atoms with Crippen molar-refractivity contribution in [3.63, 3.8) is 0 Å². The van der Waals surface area contributed by atoms with Crippen LogP contribution in [0.1, 0.15) is 42.5 Å². The van der Waals surface area contributed by atoms with E-state index in [-0.39, 0.29) is 16.8 Å². The molecule has 2 heterocycles. The summed E-state index contributed by atoms with van der Waals surface area (Å²) in [5, 5.41) is 0. The maximum Gasteiger partial charge on any atom is 0.423 e. The first kappa shape index (κ1) is 26.6. The highest BCUT2D eigenvalue weighted by molar-refractivity contribution is 5.78. The molecule has 4 rings (SSSR count). The lowest BCUT2D eigenvalue weighted by Gasteiger charge is -2.26. The van der Waals surface area contributed by atoms with Crippen LogP contribution >= 0.6 is 0 Å². The molecule has 11 heteroatoms. The molecule has 3 atom stereocenters. The van der Waals surface area contributed by atoms with Gasteiger partial charge in [0.05, 0.1) is 12.7 Å². The first-order chi connectivity index (χ1) is 18.0. The fourth-order valence-electron chi connectivity index (χ4n) is 4.24. The summed E-state index contributed by atoms with van der Waals surface area (Å²) >= 11 is 0. The van der Waals surface area contributed by atoms with Gasteiger partial charge in [-0.15, -0.1) is 0 Å². The van der Waals surface area contributed by atoms with Crippen LogP contribution in [0.25, 0.3) is 11.1 Å². The fraction of sp³-hybridized carbons (Fsp3) is 0.259. The average Bonchev–Trinajstić information content (AvgIpc) is 2.89. The van der Waals surface area contributed by atoms with E-state index in [1.807, 2.05) is 0 Å². The molecule has 0 aliphatic rings. The van der Waals surface area contributed by atoms with Crippen molar-refractivity contribution in [2.75, 3.05) is 7.11 Å². The number of alkyl halides is 3. The first-order valence-corrected chi connectivity index (χ1v) is 11.5. The van der Waals surface area contributed by atoms with Crippen LogP contribution < -0.4 is 16.1 Å². The predicted octanol–water partition coefficient (Wildman–Crippen LogP) is 4.70. The number of methoxy groups -OCH3 is 1. The number of carbonyl (C=O) groups is 1. The van der Waals surface area contributed by atoms with Gasteiger partial charge < -0.3 is 13.9 Å². The number of hydrogen-bond acceptors (Lipinski definition) is 7. The van der Waals surface area contributed by atoms with Crippen molar-refractivity contribution in [3.05, 3.63) is 104 Å². The van der Waals surface area contributed by atoms with E-state index >= 15 is 0 Å². The van der Waals surface area contributed by atoms with Gasteiger partial charge in [-0.1, -0.05) is 42.5 Å². The van der Waals surface area contributed by atoms with Crippen molar-refractivity contribution in [2.45, 2.75) is 38.1 Å². The number of ether oxygens (including phenoxy) is 2. The third-order valence-electron chi connectivity index (χ3n) is 6.15. The molecular formula is C27H23F3N2O6. The second-order valence-corrected chi connectivity index (χ2v) is 8.56. The number of esters is 1. The summed E-state index contributed by atoms with van der Waals surface area (Å²) in [6.45, 7) is 2.88. The zero-order valence-electron chi connectivity index (χ0n) is 20.6. The molecule has 0 radical (unpaired) electrons. The lowest BCUT2D eigenvalue weighted by Crippen LogP contribution is -2.40. The Morgan fingerprint density at radius 2 is 1.61 bits per heavy atom. The van der Waals surface area contributed by atoms with E-state index in [4.69, 9.17) is 13.9 Å². The number of rotatable bonds is 7. The Kier molecular flexibility index (Phi) is 7.38. The van der Waals surface area contributed by atoms with Gasteiger partial charge >= 0.3 is 17.9 Å². The second-order valence-electron chi connectivity index (χ2n) is 8.56. The number of fused-ring (bicyclic) bond motifs is 1. The van der Waals surface area contributed by atoms with Crippen molar-refractivity contribution in [1.29, 1.82) is 0 Å². The van der Waals surface area contributed by atoms with Crippen molar-refractivity contribution in [1.82, 2.24) is 9.55 Å². The maximum absolute atomic E-state index is 13.1. The molecule has 2 aromatic carbocycles. The molecule has 0 bridgehead atoms. The summed E-state index contributed by atoms with van der Waals surface area (Å²) in [6.07, 6.45) is -4.08. The molecule has 198 valence electrons. The third kappa shape index (κ3) is 5.17. The average molecular weight is 528 g/mol. The van der Waals surface area contributed by atoms with Gasteiger partial charge in [-0.3, -0.25) is 4.79 Å². The van der Waals surface area contributed by atoms with E-state index in [0.29, 0.717) is 15.7 Å². The summed E-state index contributed by atoms with van der Waals surface area (Å²) in [5.41, 5.74) is -0.853. The van der Waals surface area contributed by atoms with Crippen molar-refractivity contribution in [2.24, 2.45) is 0 Å². The minimum absolute atomic E-state index is 0.127. The summed E-state index contributed by atoms with van der Waals surface area (Å²) in [6, 6.07) is 13.4. The molecule has 0 amide bonds. The van der Waals surface area contributed by atoms with Gasteiger partial charge in [-0.25, -0.2) is 19.1 Å². The molecular weight excluding hydrogens is 505 g/mol. The van der Waals surface area contributed by atoms with Crippen molar-refractivity contribution >= 4 is 17.1 Å². The molecule has 0 saturated carbocycles. The molecule has 0 unspecified atom stereocenters. The monoisotopic (exact) mass is 528 g/mol. The van der Waals surface area contributed by atoms with E-state index in [1.165, 1.54) is 38.4 Å². The molecule has 8 nitrogen and oxygen atoms in total. The van der Waals surface area contributed by atoms with Crippen molar-refractivity contribution in [3.8, 4) is 5.75 Å². The highest BCUT2D eigenvalue weighted by Crippen LogP contribution is 2.34. The number of aromatic nitrogens is 2. The molecule has 0 aliphatic heterocycles. The van der Waals surface area contributed by atoms with Crippen LogP contribution in [0.5, 0.6) is 5.75 Å². The number of carbonyl (C=O) groups excluding carboxylic acids is 1. The van der Waals surface area contributed by atoms with Gasteiger partial charge in [-0.05, 0) is 37.1 Å². The Balaban J connectivity index is 1.66. The molecule has 0 fully saturated rings. The standard InChI is InChI=1S/C27H23F3N2O6/c1-15(32-24(33)22-23(38-26(32)35)20(36-3)13-14-31-22)25(34)37-16(2)21(17-7-5-4-6-8-17)18-9-11-19(12-10-18)27(28,29)30/h4-16,21H,1-3H3/t15-,16-,21-/m0/s1. The van der Waals surface area contributed by atoms with Crippen LogP contribution in [-0.4, -0.2) is 28.7 Å². The Morgan fingerprint density at radius 3 is 2.21 bits per heavy atom. The maximum atomic E-state index is 13.1.